The number of hydrogen-bond acceptors (Lipinski definition) is 3. The van der Waals surface area contributed by atoms with Gasteiger partial charge in [-0.2, -0.15) is 0 Å². The summed E-state index contributed by atoms with van der Waals surface area (Å²) < 4.78 is 38.7. The molecule has 1 atom stereocenters. The molecule has 9 heteroatoms. The summed E-state index contributed by atoms with van der Waals surface area (Å²) in [5.41, 5.74) is 1.27. The minimum absolute atomic E-state index is 0.0402. The molecule has 30 heavy (non-hydrogen) atoms. The van der Waals surface area contributed by atoms with Gasteiger partial charge in [-0.1, -0.05) is 35.3 Å². The standard InChI is InChI=1S/C17H12Cl2F2N2OS.C4H9N/c1-25(24)15-8-22-17(23-15)16(9-2-4-13(20)11(18)6-9)10-3-5-14(21)12(19)7-10;1-2-4-5-3-1/h2-8,16H,1H3,(H,22,23);5H,1-4H2. The van der Waals surface area contributed by atoms with Crippen LogP contribution in [-0.2, 0) is 10.8 Å². The highest BCUT2D eigenvalue weighted by Gasteiger charge is 2.22. The van der Waals surface area contributed by atoms with Crippen LogP contribution in [0.25, 0.3) is 0 Å². The van der Waals surface area contributed by atoms with Crippen LogP contribution in [0.4, 0.5) is 8.78 Å². The van der Waals surface area contributed by atoms with Gasteiger partial charge >= 0.3 is 0 Å². The molecule has 2 aromatic carbocycles. The van der Waals surface area contributed by atoms with Crippen molar-refractivity contribution in [2.75, 3.05) is 19.3 Å². The molecule has 0 spiro atoms. The molecule has 1 aliphatic heterocycles. The summed E-state index contributed by atoms with van der Waals surface area (Å²) in [5, 5.41) is 3.59. The number of halogens is 4. The number of nitrogens with zero attached hydrogens (tertiary/aromatic N) is 1. The lowest BCUT2D eigenvalue weighted by atomic mass is 9.90. The van der Waals surface area contributed by atoms with E-state index in [-0.39, 0.29) is 10.0 Å². The molecule has 4 nitrogen and oxygen atoms in total. The molecule has 1 fully saturated rings. The number of hydrogen-bond donors (Lipinski definition) is 2. The number of aromatic amines is 1. The summed E-state index contributed by atoms with van der Waals surface area (Å²) in [6.07, 6.45) is 5.77. The molecule has 0 radical (unpaired) electrons. The van der Waals surface area contributed by atoms with Crippen molar-refractivity contribution in [2.45, 2.75) is 23.8 Å². The summed E-state index contributed by atoms with van der Waals surface area (Å²) >= 11 is 11.8. The van der Waals surface area contributed by atoms with E-state index in [1.165, 1.54) is 62.6 Å². The Morgan fingerprint density at radius 1 is 1.00 bits per heavy atom. The fourth-order valence-corrected chi connectivity index (χ4v) is 3.96. The Bertz CT molecular complexity index is 982. The van der Waals surface area contributed by atoms with E-state index in [1.54, 1.807) is 12.1 Å². The molecule has 0 amide bonds. The lowest BCUT2D eigenvalue weighted by Gasteiger charge is -2.17. The van der Waals surface area contributed by atoms with Gasteiger partial charge in [0.05, 0.1) is 33.0 Å². The smallest absolute Gasteiger partial charge is 0.141 e. The average molecular weight is 472 g/mol. The van der Waals surface area contributed by atoms with Gasteiger partial charge in [0.2, 0.25) is 0 Å². The van der Waals surface area contributed by atoms with Crippen molar-refractivity contribution in [3.8, 4) is 0 Å². The Labute approximate surface area is 186 Å². The van der Waals surface area contributed by atoms with E-state index in [1.807, 2.05) is 0 Å². The summed E-state index contributed by atoms with van der Waals surface area (Å²) in [6, 6.07) is 8.57. The first-order valence-electron chi connectivity index (χ1n) is 9.35. The first-order chi connectivity index (χ1) is 14.4. The molecule has 2 N–H and O–H groups in total. The quantitative estimate of drug-likeness (QED) is 0.543. The zero-order valence-corrected chi connectivity index (χ0v) is 18.6. The summed E-state index contributed by atoms with van der Waals surface area (Å²) in [4.78, 5) is 7.27. The van der Waals surface area contributed by atoms with Crippen LogP contribution in [-0.4, -0.2) is 33.5 Å². The number of nitrogens with one attached hydrogen (secondary N) is 2. The van der Waals surface area contributed by atoms with Crippen molar-refractivity contribution in [1.29, 1.82) is 0 Å². The fourth-order valence-electron chi connectivity index (χ4n) is 3.13. The predicted octanol–water partition coefficient (Wildman–Crippen LogP) is 5.28. The summed E-state index contributed by atoms with van der Waals surface area (Å²) in [5.74, 6) is -1.13. The van der Waals surface area contributed by atoms with Crippen molar-refractivity contribution in [1.82, 2.24) is 15.3 Å². The van der Waals surface area contributed by atoms with Crippen LogP contribution in [0.1, 0.15) is 35.7 Å². The number of H-pyrrole nitrogens is 1. The molecule has 4 rings (SSSR count). The van der Waals surface area contributed by atoms with Crippen LogP contribution >= 0.6 is 23.2 Å². The van der Waals surface area contributed by atoms with Crippen molar-refractivity contribution < 1.29 is 13.0 Å². The lowest BCUT2D eigenvalue weighted by molar-refractivity contribution is 0.626. The largest absolute Gasteiger partial charge is 0.334 e. The Morgan fingerprint density at radius 2 is 1.53 bits per heavy atom. The van der Waals surface area contributed by atoms with Gasteiger partial charge in [-0.05, 0) is 61.3 Å². The number of rotatable bonds is 4. The van der Waals surface area contributed by atoms with E-state index in [9.17, 15) is 13.0 Å². The maximum atomic E-state index is 13.5. The van der Waals surface area contributed by atoms with E-state index in [0.29, 0.717) is 22.0 Å². The minimum atomic E-state index is -1.24. The monoisotopic (exact) mass is 471 g/mol. The Hall–Kier alpha value is -1.80. The molecule has 1 aromatic heterocycles. The van der Waals surface area contributed by atoms with E-state index in [4.69, 9.17) is 23.2 Å². The molecule has 1 saturated heterocycles. The number of aromatic nitrogens is 2. The zero-order valence-electron chi connectivity index (χ0n) is 16.2. The Kier molecular flexibility index (Phi) is 7.99. The van der Waals surface area contributed by atoms with Gasteiger partial charge in [-0.3, -0.25) is 4.21 Å². The predicted molar refractivity (Wildman–Crippen MR) is 117 cm³/mol. The molecule has 2 heterocycles. The maximum Gasteiger partial charge on any atom is 0.141 e. The van der Waals surface area contributed by atoms with Crippen molar-refractivity contribution in [3.05, 3.63) is 81.2 Å². The third-order valence-electron chi connectivity index (χ3n) is 4.67. The van der Waals surface area contributed by atoms with Crippen LogP contribution < -0.4 is 5.32 Å². The molecular formula is C21H21Cl2F2N3OS. The second-order valence-electron chi connectivity index (χ2n) is 6.82. The maximum absolute atomic E-state index is 13.5. The first kappa shape index (κ1) is 22.9. The second-order valence-corrected chi connectivity index (χ2v) is 8.99. The van der Waals surface area contributed by atoms with Crippen LogP contribution in [0.5, 0.6) is 0 Å². The molecule has 1 aliphatic rings. The van der Waals surface area contributed by atoms with Crippen LogP contribution in [0.3, 0.4) is 0 Å². The number of imidazole rings is 1. The van der Waals surface area contributed by atoms with Gasteiger partial charge in [0, 0.05) is 6.26 Å². The van der Waals surface area contributed by atoms with Gasteiger partial charge < -0.3 is 10.3 Å². The first-order valence-corrected chi connectivity index (χ1v) is 11.7. The van der Waals surface area contributed by atoms with Crippen molar-refractivity contribution >= 4 is 34.0 Å². The lowest BCUT2D eigenvalue weighted by Crippen LogP contribution is -2.06. The van der Waals surface area contributed by atoms with Gasteiger partial charge in [0.25, 0.3) is 0 Å². The molecule has 1 unspecified atom stereocenters. The molecule has 160 valence electrons. The molecule has 0 aliphatic carbocycles. The highest BCUT2D eigenvalue weighted by Crippen LogP contribution is 2.34. The topological polar surface area (TPSA) is 57.8 Å². The summed E-state index contributed by atoms with van der Waals surface area (Å²) in [6.45, 7) is 2.50. The van der Waals surface area contributed by atoms with Crippen molar-refractivity contribution in [2.24, 2.45) is 0 Å². The highest BCUT2D eigenvalue weighted by atomic mass is 35.5. The Morgan fingerprint density at radius 3 is 1.90 bits per heavy atom. The van der Waals surface area contributed by atoms with E-state index in [0.717, 1.165) is 0 Å². The normalized spacial score (nSPS) is 14.5. The van der Waals surface area contributed by atoms with E-state index < -0.39 is 28.4 Å². The molecule has 3 aromatic rings. The van der Waals surface area contributed by atoms with Crippen molar-refractivity contribution in [3.63, 3.8) is 0 Å². The van der Waals surface area contributed by atoms with E-state index >= 15 is 0 Å². The molecule has 0 bridgehead atoms. The van der Waals surface area contributed by atoms with Gasteiger partial charge in [-0.15, -0.1) is 0 Å². The number of benzene rings is 2. The van der Waals surface area contributed by atoms with Crippen LogP contribution in [0, 0.1) is 11.6 Å². The highest BCUT2D eigenvalue weighted by molar-refractivity contribution is 7.84. The Balaban J connectivity index is 0.000000448. The molecular weight excluding hydrogens is 451 g/mol. The third-order valence-corrected chi connectivity index (χ3v) is 6.07. The van der Waals surface area contributed by atoms with Gasteiger partial charge in [-0.25, -0.2) is 13.8 Å². The third kappa shape index (κ3) is 5.66. The van der Waals surface area contributed by atoms with E-state index in [2.05, 4.69) is 15.3 Å². The zero-order chi connectivity index (χ0) is 21.7. The van der Waals surface area contributed by atoms with Gasteiger partial charge in [0.1, 0.15) is 22.5 Å². The summed E-state index contributed by atoms with van der Waals surface area (Å²) in [7, 11) is -1.24. The fraction of sp³-hybridized carbons (Fsp3) is 0.286. The van der Waals surface area contributed by atoms with Crippen LogP contribution in [0.2, 0.25) is 10.0 Å². The molecule has 0 saturated carbocycles. The van der Waals surface area contributed by atoms with Gasteiger partial charge in [0.15, 0.2) is 0 Å². The minimum Gasteiger partial charge on any atom is -0.334 e. The second kappa shape index (κ2) is 10.5. The average Bonchev–Trinajstić information content (AvgIpc) is 3.43. The SMILES string of the molecule is C1CCNC1.CS(=O)c1cnc(C(c2ccc(F)c(Cl)c2)c2ccc(F)c(Cl)c2)[nH]1. The van der Waals surface area contributed by atoms with Crippen LogP contribution in [0.15, 0.2) is 47.6 Å².